The Morgan fingerprint density at radius 2 is 2.19 bits per heavy atom. The maximum atomic E-state index is 11.7. The zero-order valence-electron chi connectivity index (χ0n) is 9.43. The number of carboxylic acids is 1. The number of carbonyl (C=O) groups excluding carboxylic acids is 1. The number of aliphatic carboxylic acids is 1. The van der Waals surface area contributed by atoms with Crippen LogP contribution in [0, 0.1) is 11.8 Å². The van der Waals surface area contributed by atoms with Crippen LogP contribution in [0.1, 0.15) is 13.3 Å². The highest BCUT2D eigenvalue weighted by Crippen LogP contribution is 2.24. The first-order chi connectivity index (χ1) is 7.47. The number of nitrogens with two attached hydrogens (primary N) is 1. The van der Waals surface area contributed by atoms with Gasteiger partial charge in [-0.2, -0.15) is 0 Å². The Labute approximate surface area is 94.9 Å². The van der Waals surface area contributed by atoms with Crippen molar-refractivity contribution in [1.29, 1.82) is 0 Å². The van der Waals surface area contributed by atoms with Crippen molar-refractivity contribution in [1.82, 2.24) is 4.90 Å². The molecule has 0 bridgehead atoms. The highest BCUT2D eigenvalue weighted by Gasteiger charge is 2.38. The topological polar surface area (TPSA) is 83.6 Å². The van der Waals surface area contributed by atoms with Gasteiger partial charge < -0.3 is 15.7 Å². The van der Waals surface area contributed by atoms with Crippen LogP contribution in [0.2, 0.25) is 0 Å². The second-order valence-electron chi connectivity index (χ2n) is 4.26. The molecule has 1 aliphatic heterocycles. The van der Waals surface area contributed by atoms with E-state index in [-0.39, 0.29) is 11.8 Å². The molecular formula is C11H18N2O3. The van der Waals surface area contributed by atoms with Crippen LogP contribution in [0.15, 0.2) is 12.7 Å². The zero-order valence-corrected chi connectivity index (χ0v) is 9.43. The van der Waals surface area contributed by atoms with Crippen LogP contribution < -0.4 is 5.73 Å². The largest absolute Gasteiger partial charge is 0.481 e. The van der Waals surface area contributed by atoms with E-state index in [9.17, 15) is 9.59 Å². The number of hydrogen-bond acceptors (Lipinski definition) is 3. The molecule has 0 aromatic heterocycles. The summed E-state index contributed by atoms with van der Waals surface area (Å²) in [4.78, 5) is 24.0. The van der Waals surface area contributed by atoms with Crippen LogP contribution in [0.5, 0.6) is 0 Å². The maximum Gasteiger partial charge on any atom is 0.306 e. The number of hydrogen-bond donors (Lipinski definition) is 2. The first kappa shape index (κ1) is 12.7. The second-order valence-corrected chi connectivity index (χ2v) is 4.26. The minimum atomic E-state index is -0.813. The first-order valence-corrected chi connectivity index (χ1v) is 5.35. The minimum absolute atomic E-state index is 0.0531. The van der Waals surface area contributed by atoms with E-state index in [1.807, 2.05) is 0 Å². The van der Waals surface area contributed by atoms with Gasteiger partial charge in [0.25, 0.3) is 0 Å². The van der Waals surface area contributed by atoms with Crippen LogP contribution in [-0.2, 0) is 9.59 Å². The van der Waals surface area contributed by atoms with Gasteiger partial charge >= 0.3 is 5.97 Å². The number of amides is 1. The van der Waals surface area contributed by atoms with E-state index in [0.29, 0.717) is 19.5 Å². The first-order valence-electron chi connectivity index (χ1n) is 5.35. The molecule has 0 spiro atoms. The van der Waals surface area contributed by atoms with Crippen molar-refractivity contribution in [2.75, 3.05) is 13.1 Å². The third-order valence-electron chi connectivity index (χ3n) is 3.06. The number of carboxylic acid groups (broad SMARTS) is 1. The zero-order chi connectivity index (χ0) is 12.3. The summed E-state index contributed by atoms with van der Waals surface area (Å²) >= 11 is 0. The highest BCUT2D eigenvalue weighted by molar-refractivity contribution is 5.83. The molecule has 2 atom stereocenters. The molecule has 0 saturated carbocycles. The van der Waals surface area contributed by atoms with Gasteiger partial charge in [0.15, 0.2) is 0 Å². The average molecular weight is 226 g/mol. The Balaban J connectivity index is 2.38. The Morgan fingerprint density at radius 1 is 1.62 bits per heavy atom. The maximum absolute atomic E-state index is 11.7. The van der Waals surface area contributed by atoms with Gasteiger partial charge in [-0.1, -0.05) is 13.0 Å². The van der Waals surface area contributed by atoms with Crippen molar-refractivity contribution in [2.45, 2.75) is 19.4 Å². The van der Waals surface area contributed by atoms with Gasteiger partial charge in [-0.05, 0) is 6.42 Å². The fraction of sp³-hybridized carbons (Fsp3) is 0.636. The molecule has 1 aliphatic rings. The lowest BCUT2D eigenvalue weighted by atomic mass is 9.86. The summed E-state index contributed by atoms with van der Waals surface area (Å²) in [5, 5.41) is 8.79. The Bertz CT molecular complexity index is 298. The quantitative estimate of drug-likeness (QED) is 0.650. The molecule has 16 heavy (non-hydrogen) atoms. The summed E-state index contributed by atoms with van der Waals surface area (Å²) in [7, 11) is 0. The Morgan fingerprint density at radius 3 is 2.62 bits per heavy atom. The van der Waals surface area contributed by atoms with Gasteiger partial charge in [0.2, 0.25) is 5.91 Å². The van der Waals surface area contributed by atoms with Crippen molar-refractivity contribution >= 4 is 11.9 Å². The molecule has 0 aromatic carbocycles. The summed E-state index contributed by atoms with van der Waals surface area (Å²) in [5.41, 5.74) is 5.64. The summed E-state index contributed by atoms with van der Waals surface area (Å²) < 4.78 is 0. The van der Waals surface area contributed by atoms with E-state index in [1.165, 1.54) is 0 Å². The van der Waals surface area contributed by atoms with Gasteiger partial charge in [-0.15, -0.1) is 6.58 Å². The van der Waals surface area contributed by atoms with Gasteiger partial charge in [0.1, 0.15) is 0 Å². The fourth-order valence-electron chi connectivity index (χ4n) is 1.73. The highest BCUT2D eigenvalue weighted by atomic mass is 16.4. The molecular weight excluding hydrogens is 208 g/mol. The standard InChI is InChI=1S/C11H18N2O3/c1-3-4-9(12)10(14)13-5-8(6-13)7(2)11(15)16/h3,7-9H,1,4-6,12H2,2H3,(H,15,16). The van der Waals surface area contributed by atoms with Gasteiger partial charge in [-0.25, -0.2) is 0 Å². The van der Waals surface area contributed by atoms with Gasteiger partial charge in [0.05, 0.1) is 12.0 Å². The number of carbonyl (C=O) groups is 2. The van der Waals surface area contributed by atoms with E-state index in [4.69, 9.17) is 10.8 Å². The van der Waals surface area contributed by atoms with Crippen molar-refractivity contribution in [3.05, 3.63) is 12.7 Å². The normalized spacial score (nSPS) is 19.8. The molecule has 90 valence electrons. The SMILES string of the molecule is C=CCC(N)C(=O)N1CC(C(C)C(=O)O)C1. The minimum Gasteiger partial charge on any atom is -0.481 e. The van der Waals surface area contributed by atoms with Gasteiger partial charge in [-0.3, -0.25) is 9.59 Å². The van der Waals surface area contributed by atoms with E-state index in [2.05, 4.69) is 6.58 Å². The molecule has 0 aliphatic carbocycles. The van der Waals surface area contributed by atoms with Gasteiger partial charge in [0, 0.05) is 19.0 Å². The Kier molecular flexibility index (Phi) is 4.06. The van der Waals surface area contributed by atoms with Crippen LogP contribution >= 0.6 is 0 Å². The van der Waals surface area contributed by atoms with Crippen LogP contribution in [0.3, 0.4) is 0 Å². The summed E-state index contributed by atoms with van der Waals surface area (Å²) in [6, 6.07) is -0.543. The number of nitrogens with zero attached hydrogens (tertiary/aromatic N) is 1. The molecule has 3 N–H and O–H groups in total. The Hall–Kier alpha value is -1.36. The molecule has 1 rings (SSSR count). The third-order valence-corrected chi connectivity index (χ3v) is 3.06. The molecule has 2 unspecified atom stereocenters. The predicted molar refractivity (Wildman–Crippen MR) is 59.7 cm³/mol. The van der Waals surface area contributed by atoms with E-state index in [1.54, 1.807) is 17.9 Å². The van der Waals surface area contributed by atoms with E-state index < -0.39 is 17.9 Å². The molecule has 0 radical (unpaired) electrons. The van der Waals surface area contributed by atoms with E-state index >= 15 is 0 Å². The molecule has 1 fully saturated rings. The fourth-order valence-corrected chi connectivity index (χ4v) is 1.73. The number of likely N-dealkylation sites (tertiary alicyclic amines) is 1. The van der Waals surface area contributed by atoms with Crippen molar-refractivity contribution in [2.24, 2.45) is 17.6 Å². The monoisotopic (exact) mass is 226 g/mol. The van der Waals surface area contributed by atoms with Crippen molar-refractivity contribution in [3.63, 3.8) is 0 Å². The second kappa shape index (κ2) is 5.12. The smallest absolute Gasteiger partial charge is 0.306 e. The number of rotatable bonds is 5. The summed E-state index contributed by atoms with van der Waals surface area (Å²) in [6.45, 7) is 6.18. The third kappa shape index (κ3) is 2.61. The lowest BCUT2D eigenvalue weighted by molar-refractivity contribution is -0.151. The predicted octanol–water partition coefficient (Wildman–Crippen LogP) is 0.0689. The van der Waals surface area contributed by atoms with Crippen molar-refractivity contribution < 1.29 is 14.7 Å². The van der Waals surface area contributed by atoms with E-state index in [0.717, 1.165) is 0 Å². The molecule has 5 nitrogen and oxygen atoms in total. The molecule has 1 heterocycles. The van der Waals surface area contributed by atoms with Crippen LogP contribution in [0.4, 0.5) is 0 Å². The molecule has 0 aromatic rings. The summed E-state index contributed by atoms with van der Waals surface area (Å²) in [6.07, 6.45) is 2.06. The lowest BCUT2D eigenvalue weighted by Crippen LogP contribution is -2.57. The molecule has 1 amide bonds. The lowest BCUT2D eigenvalue weighted by Gasteiger charge is -2.42. The van der Waals surface area contributed by atoms with Crippen LogP contribution in [-0.4, -0.2) is 41.0 Å². The van der Waals surface area contributed by atoms with Crippen LogP contribution in [0.25, 0.3) is 0 Å². The summed E-state index contributed by atoms with van der Waals surface area (Å²) in [5.74, 6) is -1.28. The molecule has 1 saturated heterocycles. The average Bonchev–Trinajstić information content (AvgIpc) is 2.15. The van der Waals surface area contributed by atoms with Crippen molar-refractivity contribution in [3.8, 4) is 0 Å². The molecule has 5 heteroatoms.